The molecule has 0 saturated heterocycles. The average molecular weight is 372 g/mol. The Hall–Kier alpha value is -2.47. The topological polar surface area (TPSA) is 68.0 Å². The molecule has 23 heavy (non-hydrogen) atoms. The van der Waals surface area contributed by atoms with Gasteiger partial charge in [0.05, 0.1) is 0 Å². The Bertz CT molecular complexity index is 857. The van der Waals surface area contributed by atoms with Gasteiger partial charge in [0.1, 0.15) is 0 Å². The van der Waals surface area contributed by atoms with Gasteiger partial charge < -0.3 is 4.42 Å². The molecule has 0 radical (unpaired) electrons. The Morgan fingerprint density at radius 1 is 1.09 bits per heavy atom. The molecule has 5 nitrogen and oxygen atoms in total. The zero-order valence-corrected chi connectivity index (χ0v) is 14.2. The van der Waals surface area contributed by atoms with Crippen LogP contribution in [0.3, 0.4) is 0 Å². The summed E-state index contributed by atoms with van der Waals surface area (Å²) in [6, 6.07) is 13.3. The zero-order valence-electron chi connectivity index (χ0n) is 12.6. The molecule has 0 aliphatic heterocycles. The molecule has 0 atom stereocenters. The number of amides is 1. The number of anilines is 1. The molecule has 6 heteroatoms. The Morgan fingerprint density at radius 2 is 1.83 bits per heavy atom. The van der Waals surface area contributed by atoms with Crippen molar-refractivity contribution >= 4 is 27.9 Å². The van der Waals surface area contributed by atoms with E-state index in [1.54, 1.807) is 0 Å². The Labute approximate surface area is 141 Å². The first kappa shape index (κ1) is 15.4. The van der Waals surface area contributed by atoms with Gasteiger partial charge in [-0.05, 0) is 49.7 Å². The minimum atomic E-state index is -0.266. The summed E-state index contributed by atoms with van der Waals surface area (Å²) >= 11 is 3.37. The van der Waals surface area contributed by atoms with E-state index in [-0.39, 0.29) is 11.9 Å². The molecule has 116 valence electrons. The second kappa shape index (κ2) is 6.34. The van der Waals surface area contributed by atoms with Gasteiger partial charge >= 0.3 is 6.01 Å². The van der Waals surface area contributed by atoms with Crippen molar-refractivity contribution in [1.82, 2.24) is 10.2 Å². The first-order chi connectivity index (χ1) is 11.0. The quantitative estimate of drug-likeness (QED) is 0.742. The van der Waals surface area contributed by atoms with Crippen LogP contribution in [0.5, 0.6) is 0 Å². The number of aromatic nitrogens is 2. The number of benzene rings is 2. The van der Waals surface area contributed by atoms with Crippen LogP contribution in [0.4, 0.5) is 6.01 Å². The first-order valence-electron chi connectivity index (χ1n) is 7.01. The van der Waals surface area contributed by atoms with Crippen LogP contribution in [-0.4, -0.2) is 16.1 Å². The third-order valence-corrected chi connectivity index (χ3v) is 3.90. The summed E-state index contributed by atoms with van der Waals surface area (Å²) in [7, 11) is 0. The van der Waals surface area contributed by atoms with Gasteiger partial charge in [0, 0.05) is 15.6 Å². The van der Waals surface area contributed by atoms with E-state index < -0.39 is 0 Å². The third kappa shape index (κ3) is 3.48. The summed E-state index contributed by atoms with van der Waals surface area (Å²) < 4.78 is 6.46. The largest absolute Gasteiger partial charge is 0.403 e. The molecule has 3 aromatic rings. The monoisotopic (exact) mass is 371 g/mol. The van der Waals surface area contributed by atoms with Gasteiger partial charge in [0.25, 0.3) is 5.91 Å². The number of carbonyl (C=O) groups is 1. The molecule has 1 N–H and O–H groups in total. The van der Waals surface area contributed by atoms with E-state index in [1.165, 1.54) is 0 Å². The highest BCUT2D eigenvalue weighted by molar-refractivity contribution is 9.10. The van der Waals surface area contributed by atoms with Gasteiger partial charge in [-0.15, -0.1) is 5.10 Å². The molecule has 2 aromatic carbocycles. The summed E-state index contributed by atoms with van der Waals surface area (Å²) in [5.74, 6) is 0.0889. The summed E-state index contributed by atoms with van der Waals surface area (Å²) in [6.45, 7) is 3.82. The highest BCUT2D eigenvalue weighted by Crippen LogP contribution is 2.22. The molecule has 3 rings (SSSR count). The number of carbonyl (C=O) groups excluding carboxylic acids is 1. The molecule has 0 spiro atoms. The van der Waals surface area contributed by atoms with E-state index in [0.717, 1.165) is 21.2 Å². The van der Waals surface area contributed by atoms with Gasteiger partial charge in [-0.25, -0.2) is 0 Å². The van der Waals surface area contributed by atoms with Gasteiger partial charge in [-0.2, -0.15) is 0 Å². The van der Waals surface area contributed by atoms with Crippen molar-refractivity contribution in [2.45, 2.75) is 13.8 Å². The molecule has 0 fully saturated rings. The number of aryl methyl sites for hydroxylation is 2. The Kier molecular flexibility index (Phi) is 4.25. The van der Waals surface area contributed by atoms with Crippen LogP contribution in [0.2, 0.25) is 0 Å². The number of nitrogens with zero attached hydrogens (tertiary/aromatic N) is 2. The summed E-state index contributed by atoms with van der Waals surface area (Å²) in [6.07, 6.45) is 0. The molecular formula is C17H14BrN3O2. The molecule has 0 aliphatic rings. The number of hydrogen-bond acceptors (Lipinski definition) is 4. The van der Waals surface area contributed by atoms with Crippen molar-refractivity contribution < 1.29 is 9.21 Å². The lowest BCUT2D eigenvalue weighted by Gasteiger charge is -2.05. The van der Waals surface area contributed by atoms with Gasteiger partial charge in [-0.3, -0.25) is 10.1 Å². The summed E-state index contributed by atoms with van der Waals surface area (Å²) in [5.41, 5.74) is 3.28. The standard InChI is InChI=1S/C17H14BrN3O2/c1-10-3-4-11(2)14(9-10)15(22)19-17-21-20-16(23-17)12-5-7-13(18)8-6-12/h3-9H,1-2H3,(H,19,21,22). The molecule has 0 bridgehead atoms. The van der Waals surface area contributed by atoms with Crippen LogP contribution in [0.15, 0.2) is 51.4 Å². The van der Waals surface area contributed by atoms with E-state index in [4.69, 9.17) is 4.42 Å². The van der Waals surface area contributed by atoms with Crippen LogP contribution in [0.1, 0.15) is 21.5 Å². The lowest BCUT2D eigenvalue weighted by Crippen LogP contribution is -2.13. The van der Waals surface area contributed by atoms with E-state index in [0.29, 0.717) is 11.5 Å². The average Bonchev–Trinajstić information content (AvgIpc) is 2.99. The summed E-state index contributed by atoms with van der Waals surface area (Å²) in [4.78, 5) is 12.3. The minimum absolute atomic E-state index is 0.0776. The van der Waals surface area contributed by atoms with Gasteiger partial charge in [0.15, 0.2) is 0 Å². The first-order valence-corrected chi connectivity index (χ1v) is 7.80. The molecule has 1 amide bonds. The molecule has 0 saturated carbocycles. The Morgan fingerprint density at radius 3 is 2.57 bits per heavy atom. The van der Waals surface area contributed by atoms with E-state index >= 15 is 0 Å². The fourth-order valence-corrected chi connectivity index (χ4v) is 2.39. The third-order valence-electron chi connectivity index (χ3n) is 3.37. The van der Waals surface area contributed by atoms with Crippen LogP contribution < -0.4 is 5.32 Å². The zero-order chi connectivity index (χ0) is 16.4. The van der Waals surface area contributed by atoms with E-state index in [1.807, 2.05) is 56.3 Å². The number of rotatable bonds is 3. The highest BCUT2D eigenvalue weighted by Gasteiger charge is 2.14. The second-order valence-corrected chi connectivity index (χ2v) is 6.11. The van der Waals surface area contributed by atoms with Crippen molar-refractivity contribution in [3.63, 3.8) is 0 Å². The summed E-state index contributed by atoms with van der Waals surface area (Å²) in [5, 5.41) is 10.5. The van der Waals surface area contributed by atoms with Crippen LogP contribution in [-0.2, 0) is 0 Å². The number of nitrogens with one attached hydrogen (secondary N) is 1. The molecule has 1 heterocycles. The van der Waals surface area contributed by atoms with E-state index in [9.17, 15) is 4.79 Å². The highest BCUT2D eigenvalue weighted by atomic mass is 79.9. The van der Waals surface area contributed by atoms with Gasteiger partial charge in [0.2, 0.25) is 5.89 Å². The fourth-order valence-electron chi connectivity index (χ4n) is 2.13. The van der Waals surface area contributed by atoms with Crippen molar-refractivity contribution in [3.8, 4) is 11.5 Å². The van der Waals surface area contributed by atoms with Crippen molar-refractivity contribution in [2.75, 3.05) is 5.32 Å². The smallest absolute Gasteiger partial charge is 0.322 e. The molecule has 0 unspecified atom stereocenters. The lowest BCUT2D eigenvalue weighted by molar-refractivity contribution is 0.102. The van der Waals surface area contributed by atoms with Crippen molar-refractivity contribution in [2.24, 2.45) is 0 Å². The normalized spacial score (nSPS) is 10.6. The van der Waals surface area contributed by atoms with Crippen LogP contribution in [0, 0.1) is 13.8 Å². The van der Waals surface area contributed by atoms with Crippen LogP contribution in [0.25, 0.3) is 11.5 Å². The molecular weight excluding hydrogens is 358 g/mol. The fraction of sp³-hybridized carbons (Fsp3) is 0.118. The maximum Gasteiger partial charge on any atom is 0.322 e. The molecule has 1 aromatic heterocycles. The molecule has 0 aliphatic carbocycles. The predicted molar refractivity (Wildman–Crippen MR) is 91.3 cm³/mol. The number of hydrogen-bond donors (Lipinski definition) is 1. The van der Waals surface area contributed by atoms with Crippen LogP contribution >= 0.6 is 15.9 Å². The SMILES string of the molecule is Cc1ccc(C)c(C(=O)Nc2nnc(-c3ccc(Br)cc3)o2)c1. The number of halogens is 1. The van der Waals surface area contributed by atoms with Gasteiger partial charge in [-0.1, -0.05) is 38.7 Å². The second-order valence-electron chi connectivity index (χ2n) is 5.19. The minimum Gasteiger partial charge on any atom is -0.403 e. The maximum absolute atomic E-state index is 12.3. The Balaban J connectivity index is 1.80. The van der Waals surface area contributed by atoms with E-state index in [2.05, 4.69) is 31.4 Å². The lowest BCUT2D eigenvalue weighted by atomic mass is 10.1. The predicted octanol–water partition coefficient (Wildman–Crippen LogP) is 4.37. The maximum atomic E-state index is 12.3. The van der Waals surface area contributed by atoms with Crippen molar-refractivity contribution in [3.05, 3.63) is 63.6 Å². The van der Waals surface area contributed by atoms with Crippen molar-refractivity contribution in [1.29, 1.82) is 0 Å².